The average Bonchev–Trinajstić information content (AvgIpc) is 2.80. The third-order valence-corrected chi connectivity index (χ3v) is 6.36. The first-order valence-electron chi connectivity index (χ1n) is 9.65. The molecule has 0 aliphatic rings. The van der Waals surface area contributed by atoms with Crippen LogP contribution in [0.25, 0.3) is 32.0 Å². The topological polar surface area (TPSA) is 9.23 Å². The highest BCUT2D eigenvalue weighted by Gasteiger charge is 2.21. The summed E-state index contributed by atoms with van der Waals surface area (Å²) < 4.78 is 44.3. The van der Waals surface area contributed by atoms with E-state index in [0.717, 1.165) is 27.3 Å². The summed E-state index contributed by atoms with van der Waals surface area (Å²) in [5.74, 6) is 0.843. The third-order valence-electron chi connectivity index (χ3n) is 4.48. The highest BCUT2D eigenvalue weighted by Crippen LogP contribution is 2.39. The molecule has 0 aliphatic carbocycles. The van der Waals surface area contributed by atoms with E-state index in [2.05, 4.69) is 48.5 Å². The largest absolute Gasteiger partial charge is 0.673 e. The van der Waals surface area contributed by atoms with Gasteiger partial charge in [0.2, 0.25) is 21.1 Å². The van der Waals surface area contributed by atoms with Crippen LogP contribution in [0, 0.1) is 0 Å². The van der Waals surface area contributed by atoms with E-state index in [4.69, 9.17) is 27.9 Å². The van der Waals surface area contributed by atoms with Gasteiger partial charge in [-0.25, -0.2) is 0 Å². The summed E-state index contributed by atoms with van der Waals surface area (Å²) in [6.45, 7) is 0. The highest BCUT2D eigenvalue weighted by molar-refractivity contribution is 7.18. The Morgan fingerprint density at radius 3 is 1.73 bits per heavy atom. The molecule has 0 aliphatic heterocycles. The van der Waals surface area contributed by atoms with Gasteiger partial charge >= 0.3 is 7.25 Å². The molecule has 0 saturated heterocycles. The first-order valence-corrected chi connectivity index (χ1v) is 11.2. The Morgan fingerprint density at radius 2 is 1.18 bits per heavy atom. The molecule has 0 N–H and O–H groups in total. The number of hydrogen-bond donors (Lipinski definition) is 0. The van der Waals surface area contributed by atoms with E-state index in [9.17, 15) is 17.3 Å². The van der Waals surface area contributed by atoms with E-state index < -0.39 is 7.25 Å². The molecular weight excluding hydrogens is 494 g/mol. The number of benzene rings is 3. The van der Waals surface area contributed by atoms with Crippen LogP contribution in [-0.2, 0) is 0 Å². The molecule has 33 heavy (non-hydrogen) atoms. The van der Waals surface area contributed by atoms with Crippen molar-refractivity contribution in [3.05, 3.63) is 95.0 Å². The Labute approximate surface area is 203 Å². The van der Waals surface area contributed by atoms with Crippen molar-refractivity contribution in [2.75, 3.05) is 7.11 Å². The second-order valence-electron chi connectivity index (χ2n) is 6.79. The van der Waals surface area contributed by atoms with Crippen LogP contribution >= 0.6 is 34.5 Å². The highest BCUT2D eigenvalue weighted by atomic mass is 35.5. The molecule has 0 saturated carbocycles. The fraction of sp³-hybridized carbons (Fsp3) is 0.0417. The third kappa shape index (κ3) is 7.46. The van der Waals surface area contributed by atoms with Gasteiger partial charge in [-0.2, -0.15) is 0 Å². The van der Waals surface area contributed by atoms with Crippen LogP contribution in [0.1, 0.15) is 0 Å². The molecule has 0 bridgehead atoms. The Kier molecular flexibility index (Phi) is 8.35. The molecule has 4 aromatic rings. The Balaban J connectivity index is 0.000000555. The first kappa shape index (κ1) is 25.0. The summed E-state index contributed by atoms with van der Waals surface area (Å²) in [4.78, 5) is 2.32. The molecule has 4 rings (SSSR count). The smallest absolute Gasteiger partial charge is 0.497 e. The van der Waals surface area contributed by atoms with Crippen LogP contribution in [0.15, 0.2) is 84.9 Å². The van der Waals surface area contributed by atoms with Crippen LogP contribution in [0.2, 0.25) is 10.0 Å². The maximum absolute atomic E-state index is 9.75. The number of ether oxygens (including phenoxy) is 1. The quantitative estimate of drug-likeness (QED) is 0.151. The molecule has 9 heteroatoms. The molecule has 0 radical (unpaired) electrons. The maximum Gasteiger partial charge on any atom is 0.673 e. The van der Waals surface area contributed by atoms with Gasteiger partial charge in [-0.05, 0) is 53.6 Å². The number of halogens is 6. The molecule has 0 unspecified atom stereocenters. The molecular formula is C24H17BCl2F4OS. The minimum atomic E-state index is -6.00. The molecule has 1 nitrogen and oxygen atoms in total. The standard InChI is InChI=1S/C24H17Cl2OS.BF4/c1-27-20-10-7-16(8-11-20)19-14-23(17-5-3-2-4-6-17)28-24(15-19)18-9-12-21(25)22(26)13-18;2-1(3,4)5/h2-15H,1H3;/q+1;-1. The van der Waals surface area contributed by atoms with E-state index in [1.54, 1.807) is 18.4 Å². The van der Waals surface area contributed by atoms with Gasteiger partial charge in [-0.1, -0.05) is 53.5 Å². The molecule has 170 valence electrons. The van der Waals surface area contributed by atoms with Crippen molar-refractivity contribution in [1.29, 1.82) is 0 Å². The lowest BCUT2D eigenvalue weighted by Gasteiger charge is -2.05. The average molecular weight is 511 g/mol. The lowest BCUT2D eigenvalue weighted by molar-refractivity contribution is 0.368. The summed E-state index contributed by atoms with van der Waals surface area (Å²) in [7, 11) is -4.32. The van der Waals surface area contributed by atoms with E-state index in [1.807, 2.05) is 36.4 Å². The second-order valence-corrected chi connectivity index (χ2v) is 8.69. The SMILES string of the molecule is COc1ccc(-c2cc(-c3ccccc3)[s+]c(-c3ccc(Cl)c(Cl)c3)c2)cc1.F[B-](F)(F)F. The predicted molar refractivity (Wildman–Crippen MR) is 132 cm³/mol. The van der Waals surface area contributed by atoms with E-state index >= 15 is 0 Å². The number of hydrogen-bond acceptors (Lipinski definition) is 1. The van der Waals surface area contributed by atoms with Gasteiger partial charge in [0.05, 0.1) is 17.2 Å². The number of methoxy groups -OCH3 is 1. The lowest BCUT2D eigenvalue weighted by Crippen LogP contribution is -2.02. The van der Waals surface area contributed by atoms with E-state index in [0.29, 0.717) is 10.0 Å². The van der Waals surface area contributed by atoms with Crippen LogP contribution in [-0.4, -0.2) is 14.4 Å². The van der Waals surface area contributed by atoms with Crippen LogP contribution in [0.4, 0.5) is 17.3 Å². The summed E-state index contributed by atoms with van der Waals surface area (Å²) in [6, 6.07) is 28.7. The maximum atomic E-state index is 9.75. The van der Waals surface area contributed by atoms with Gasteiger partial charge in [-0.15, -0.1) is 0 Å². The molecule has 0 fully saturated rings. The molecule has 3 aromatic carbocycles. The zero-order valence-electron chi connectivity index (χ0n) is 17.2. The van der Waals surface area contributed by atoms with Crippen molar-refractivity contribution in [1.82, 2.24) is 0 Å². The predicted octanol–water partition coefficient (Wildman–Crippen LogP) is 9.65. The Hall–Kier alpha value is -2.61. The fourth-order valence-electron chi connectivity index (χ4n) is 2.99. The zero-order chi connectivity index (χ0) is 24.0. The van der Waals surface area contributed by atoms with Crippen molar-refractivity contribution in [2.45, 2.75) is 0 Å². The lowest BCUT2D eigenvalue weighted by atomic mass is 10.0. The minimum absolute atomic E-state index is 0.558. The molecule has 1 heterocycles. The first-order chi connectivity index (χ1) is 15.6. The number of rotatable bonds is 4. The van der Waals surface area contributed by atoms with Gasteiger partial charge in [0.25, 0.3) is 0 Å². The molecule has 0 atom stereocenters. The van der Waals surface area contributed by atoms with Crippen LogP contribution in [0.3, 0.4) is 0 Å². The Bertz CT molecular complexity index is 1210. The van der Waals surface area contributed by atoms with Crippen LogP contribution < -0.4 is 4.74 Å². The van der Waals surface area contributed by atoms with Crippen molar-refractivity contribution in [2.24, 2.45) is 0 Å². The van der Waals surface area contributed by atoms with Gasteiger partial charge in [0, 0.05) is 23.3 Å². The summed E-state index contributed by atoms with van der Waals surface area (Å²) >= 11 is 14.1. The van der Waals surface area contributed by atoms with Gasteiger partial charge in [-0.3, -0.25) is 0 Å². The van der Waals surface area contributed by atoms with Crippen molar-refractivity contribution in [3.63, 3.8) is 0 Å². The van der Waals surface area contributed by atoms with Crippen LogP contribution in [0.5, 0.6) is 5.75 Å². The molecule has 1 aromatic heterocycles. The molecule has 0 amide bonds. The fourth-order valence-corrected chi connectivity index (χ4v) is 4.39. The summed E-state index contributed by atoms with van der Waals surface area (Å²) in [6.07, 6.45) is 0. The van der Waals surface area contributed by atoms with Gasteiger partial charge in [0.1, 0.15) is 5.75 Å². The zero-order valence-corrected chi connectivity index (χ0v) is 19.6. The monoisotopic (exact) mass is 510 g/mol. The van der Waals surface area contributed by atoms with Crippen molar-refractivity contribution < 1.29 is 22.0 Å². The summed E-state index contributed by atoms with van der Waals surface area (Å²) in [5.41, 5.74) is 4.50. The van der Waals surface area contributed by atoms with Gasteiger partial charge in [0.15, 0.2) is 0 Å². The summed E-state index contributed by atoms with van der Waals surface area (Å²) in [5, 5.41) is 1.12. The minimum Gasteiger partial charge on any atom is -0.497 e. The van der Waals surface area contributed by atoms with Crippen molar-refractivity contribution in [3.8, 4) is 37.8 Å². The van der Waals surface area contributed by atoms with Gasteiger partial charge < -0.3 is 22.0 Å². The molecule has 0 spiro atoms. The normalized spacial score (nSPS) is 10.9. The van der Waals surface area contributed by atoms with Crippen molar-refractivity contribution >= 4 is 41.8 Å². The van der Waals surface area contributed by atoms with E-state index in [1.165, 1.54) is 10.4 Å². The second kappa shape index (κ2) is 11.0. The Morgan fingerprint density at radius 1 is 0.636 bits per heavy atom. The van der Waals surface area contributed by atoms with E-state index in [-0.39, 0.29) is 0 Å².